The summed E-state index contributed by atoms with van der Waals surface area (Å²) in [7, 11) is -3.23. The average molecular weight is 421 g/mol. The molecule has 6 nitrogen and oxygen atoms in total. The van der Waals surface area contributed by atoms with Gasteiger partial charge in [-0.25, -0.2) is 13.2 Å². The monoisotopic (exact) mass is 420 g/mol. The van der Waals surface area contributed by atoms with Gasteiger partial charge >= 0.3 is 5.97 Å². The van der Waals surface area contributed by atoms with Gasteiger partial charge in [0.05, 0.1) is 23.1 Å². The Morgan fingerprint density at radius 1 is 1.14 bits per heavy atom. The molecule has 150 valence electrons. The number of nitrogens with one attached hydrogen (secondary N) is 2. The highest BCUT2D eigenvalue weighted by atomic mass is 32.2. The molecular formula is C20H24N2O4S2. The van der Waals surface area contributed by atoms with E-state index >= 15 is 0 Å². The van der Waals surface area contributed by atoms with Crippen LogP contribution in [0.4, 0.5) is 5.69 Å². The highest BCUT2D eigenvalue weighted by Crippen LogP contribution is 2.20. The van der Waals surface area contributed by atoms with Crippen LogP contribution in [0.1, 0.15) is 42.2 Å². The Hall–Kier alpha value is -2.45. The molecule has 0 aliphatic rings. The van der Waals surface area contributed by atoms with E-state index in [9.17, 15) is 13.2 Å². The van der Waals surface area contributed by atoms with Gasteiger partial charge in [-0.3, -0.25) is 0 Å². The predicted octanol–water partition coefficient (Wildman–Crippen LogP) is 3.70. The number of anilines is 1. The third-order valence-electron chi connectivity index (χ3n) is 4.06. The third kappa shape index (κ3) is 6.03. The molecular weight excluding hydrogens is 396 g/mol. The van der Waals surface area contributed by atoms with Gasteiger partial charge in [0.2, 0.25) is 0 Å². The highest BCUT2D eigenvalue weighted by Gasteiger charge is 2.13. The zero-order valence-electron chi connectivity index (χ0n) is 16.1. The van der Waals surface area contributed by atoms with Crippen LogP contribution in [-0.2, 0) is 14.6 Å². The minimum absolute atomic E-state index is 0.0816. The fraction of sp³-hybridized carbons (Fsp3) is 0.300. The standard InChI is InChI=1S/C20H24N2O4S2/c1-4-18(14-9-11-17(12-10-14)28(3,24)25)22-20(27)21-16-8-6-7-15(13-16)19(23)26-5-2/h6-13,18H,4-5H2,1-3H3,(H2,21,22,27)/t18-/m0/s1. The van der Waals surface area contributed by atoms with Gasteiger partial charge in [-0.15, -0.1) is 0 Å². The zero-order valence-corrected chi connectivity index (χ0v) is 17.7. The van der Waals surface area contributed by atoms with E-state index in [0.717, 1.165) is 12.0 Å². The van der Waals surface area contributed by atoms with Crippen molar-refractivity contribution in [1.29, 1.82) is 0 Å². The van der Waals surface area contributed by atoms with Crippen molar-refractivity contribution in [1.82, 2.24) is 5.32 Å². The normalized spacial score (nSPS) is 12.1. The molecule has 2 aromatic carbocycles. The number of thiocarbonyl (C=S) groups is 1. The topological polar surface area (TPSA) is 84.5 Å². The molecule has 0 amide bonds. The number of hydrogen-bond acceptors (Lipinski definition) is 5. The molecule has 0 aromatic heterocycles. The van der Waals surface area contributed by atoms with E-state index in [1.807, 2.05) is 6.92 Å². The maximum Gasteiger partial charge on any atom is 0.338 e. The van der Waals surface area contributed by atoms with Gasteiger partial charge in [-0.2, -0.15) is 0 Å². The number of benzene rings is 2. The van der Waals surface area contributed by atoms with Crippen molar-refractivity contribution in [2.75, 3.05) is 18.2 Å². The van der Waals surface area contributed by atoms with Crippen LogP contribution in [0.2, 0.25) is 0 Å². The number of sulfone groups is 1. The van der Waals surface area contributed by atoms with E-state index in [0.29, 0.717) is 23.0 Å². The Kier molecular flexibility index (Phi) is 7.53. The van der Waals surface area contributed by atoms with Gasteiger partial charge in [-0.1, -0.05) is 25.1 Å². The van der Waals surface area contributed by atoms with Crippen molar-refractivity contribution in [3.8, 4) is 0 Å². The second-order valence-electron chi connectivity index (χ2n) is 6.20. The van der Waals surface area contributed by atoms with Gasteiger partial charge in [0.1, 0.15) is 0 Å². The minimum Gasteiger partial charge on any atom is -0.462 e. The molecule has 0 radical (unpaired) electrons. The molecule has 2 aromatic rings. The molecule has 0 bridgehead atoms. The Bertz CT molecular complexity index is 941. The van der Waals surface area contributed by atoms with Gasteiger partial charge in [0, 0.05) is 11.9 Å². The highest BCUT2D eigenvalue weighted by molar-refractivity contribution is 7.90. The number of ether oxygens (including phenoxy) is 1. The average Bonchev–Trinajstić information content (AvgIpc) is 2.66. The lowest BCUT2D eigenvalue weighted by atomic mass is 10.1. The lowest BCUT2D eigenvalue weighted by Crippen LogP contribution is -2.32. The molecule has 2 rings (SSSR count). The van der Waals surface area contributed by atoms with Crippen LogP contribution in [-0.4, -0.2) is 32.4 Å². The molecule has 0 aliphatic heterocycles. The van der Waals surface area contributed by atoms with Crippen molar-refractivity contribution >= 4 is 38.8 Å². The first-order valence-electron chi connectivity index (χ1n) is 8.89. The van der Waals surface area contributed by atoms with Crippen molar-refractivity contribution in [3.05, 3.63) is 59.7 Å². The third-order valence-corrected chi connectivity index (χ3v) is 5.40. The summed E-state index contributed by atoms with van der Waals surface area (Å²) >= 11 is 5.39. The molecule has 1 atom stereocenters. The molecule has 0 spiro atoms. The molecule has 0 heterocycles. The first-order chi connectivity index (χ1) is 13.2. The van der Waals surface area contributed by atoms with E-state index in [1.165, 1.54) is 6.26 Å². The van der Waals surface area contributed by atoms with Gasteiger partial charge in [0.15, 0.2) is 14.9 Å². The van der Waals surface area contributed by atoms with Crippen LogP contribution < -0.4 is 10.6 Å². The van der Waals surface area contributed by atoms with E-state index in [-0.39, 0.29) is 16.9 Å². The molecule has 0 aliphatic carbocycles. The van der Waals surface area contributed by atoms with Crippen molar-refractivity contribution < 1.29 is 17.9 Å². The van der Waals surface area contributed by atoms with Gasteiger partial charge in [-0.05, 0) is 61.5 Å². The minimum atomic E-state index is -3.23. The summed E-state index contributed by atoms with van der Waals surface area (Å²) in [6.07, 6.45) is 1.93. The fourth-order valence-electron chi connectivity index (χ4n) is 2.63. The second-order valence-corrected chi connectivity index (χ2v) is 8.63. The maximum atomic E-state index is 11.8. The quantitative estimate of drug-likeness (QED) is 0.522. The van der Waals surface area contributed by atoms with Crippen LogP contribution in [0.5, 0.6) is 0 Å². The summed E-state index contributed by atoms with van der Waals surface area (Å²) in [5, 5.41) is 6.69. The van der Waals surface area contributed by atoms with Crippen molar-refractivity contribution in [2.24, 2.45) is 0 Å². The van der Waals surface area contributed by atoms with E-state index in [4.69, 9.17) is 17.0 Å². The molecule has 8 heteroatoms. The van der Waals surface area contributed by atoms with Crippen LogP contribution in [0, 0.1) is 0 Å². The number of rotatable bonds is 7. The van der Waals surface area contributed by atoms with Crippen LogP contribution in [0.25, 0.3) is 0 Å². The Morgan fingerprint density at radius 3 is 2.39 bits per heavy atom. The second kappa shape index (κ2) is 9.66. The summed E-state index contributed by atoms with van der Waals surface area (Å²) in [6, 6.07) is 13.6. The Morgan fingerprint density at radius 2 is 1.82 bits per heavy atom. The zero-order chi connectivity index (χ0) is 20.7. The number of esters is 1. The predicted molar refractivity (Wildman–Crippen MR) is 114 cm³/mol. The van der Waals surface area contributed by atoms with Gasteiger partial charge < -0.3 is 15.4 Å². The van der Waals surface area contributed by atoms with Crippen LogP contribution in [0.3, 0.4) is 0 Å². The first-order valence-corrected chi connectivity index (χ1v) is 11.2. The summed E-state index contributed by atoms with van der Waals surface area (Å²) in [5.41, 5.74) is 2.04. The molecule has 0 saturated heterocycles. The lowest BCUT2D eigenvalue weighted by molar-refractivity contribution is 0.0526. The molecule has 0 unspecified atom stereocenters. The first kappa shape index (κ1) is 21.8. The van der Waals surface area contributed by atoms with Crippen LogP contribution >= 0.6 is 12.2 Å². The summed E-state index contributed by atoms with van der Waals surface area (Å²) in [6.45, 7) is 4.07. The molecule has 2 N–H and O–H groups in total. The SMILES string of the molecule is CCOC(=O)c1cccc(NC(=S)N[C@@H](CC)c2ccc(S(C)(=O)=O)cc2)c1. The number of carbonyl (C=O) groups excluding carboxylic acids is 1. The smallest absolute Gasteiger partial charge is 0.338 e. The molecule has 0 fully saturated rings. The molecule has 0 saturated carbocycles. The van der Waals surface area contributed by atoms with E-state index in [1.54, 1.807) is 55.5 Å². The number of hydrogen-bond donors (Lipinski definition) is 2. The summed E-state index contributed by atoms with van der Waals surface area (Å²) in [5.74, 6) is -0.387. The largest absolute Gasteiger partial charge is 0.462 e. The van der Waals surface area contributed by atoms with Crippen molar-refractivity contribution in [3.63, 3.8) is 0 Å². The Balaban J connectivity index is 2.06. The number of carbonyl (C=O) groups is 1. The Labute approximate surface area is 171 Å². The summed E-state index contributed by atoms with van der Waals surface area (Å²) < 4.78 is 28.2. The fourth-order valence-corrected chi connectivity index (χ4v) is 3.52. The van der Waals surface area contributed by atoms with Crippen molar-refractivity contribution in [2.45, 2.75) is 31.2 Å². The maximum absolute atomic E-state index is 11.8. The molecule has 28 heavy (non-hydrogen) atoms. The lowest BCUT2D eigenvalue weighted by Gasteiger charge is -2.20. The van der Waals surface area contributed by atoms with Gasteiger partial charge in [0.25, 0.3) is 0 Å². The summed E-state index contributed by atoms with van der Waals surface area (Å²) in [4.78, 5) is 12.1. The van der Waals surface area contributed by atoms with Crippen LogP contribution in [0.15, 0.2) is 53.4 Å². The van der Waals surface area contributed by atoms with E-state index in [2.05, 4.69) is 10.6 Å². The van der Waals surface area contributed by atoms with E-state index < -0.39 is 9.84 Å².